The van der Waals surface area contributed by atoms with Gasteiger partial charge in [0.1, 0.15) is 17.6 Å². The van der Waals surface area contributed by atoms with Gasteiger partial charge >= 0.3 is 0 Å². The second-order valence-electron chi connectivity index (χ2n) is 7.36. The summed E-state index contributed by atoms with van der Waals surface area (Å²) in [5.41, 5.74) is 0.680. The summed E-state index contributed by atoms with van der Waals surface area (Å²) in [5, 5.41) is 14.1. The number of aliphatic hydroxyl groups is 1. The van der Waals surface area contributed by atoms with Crippen LogP contribution in [0.25, 0.3) is 0 Å². The molecule has 2 heterocycles. The van der Waals surface area contributed by atoms with Crippen LogP contribution in [0.2, 0.25) is 0 Å². The Morgan fingerprint density at radius 3 is 2.76 bits per heavy atom. The molecule has 0 bridgehead atoms. The molecule has 2 aliphatic heterocycles. The Morgan fingerprint density at radius 1 is 1.28 bits per heavy atom. The molecular weight excluding hydrogens is 372 g/mol. The number of hydrogen-bond acceptors (Lipinski definition) is 6. The SMILES string of the molecule is CCNC(=NCC(O)c1cc(OC)ccc1OC)N1CCC(N2CCOCC2)C1. The first kappa shape index (κ1) is 21.7. The van der Waals surface area contributed by atoms with Crippen molar-refractivity contribution in [3.63, 3.8) is 0 Å². The molecule has 0 amide bonds. The van der Waals surface area contributed by atoms with Gasteiger partial charge in [0, 0.05) is 44.3 Å². The molecule has 2 aliphatic rings. The van der Waals surface area contributed by atoms with Gasteiger partial charge < -0.3 is 29.5 Å². The van der Waals surface area contributed by atoms with Crippen LogP contribution in [0.4, 0.5) is 0 Å². The number of likely N-dealkylation sites (tertiary alicyclic amines) is 1. The number of hydrogen-bond donors (Lipinski definition) is 2. The van der Waals surface area contributed by atoms with Gasteiger partial charge in [-0.3, -0.25) is 9.89 Å². The van der Waals surface area contributed by atoms with Crippen LogP contribution in [0.15, 0.2) is 23.2 Å². The monoisotopic (exact) mass is 406 g/mol. The number of aliphatic imine (C=N–C) groups is 1. The zero-order valence-electron chi connectivity index (χ0n) is 17.8. The van der Waals surface area contributed by atoms with Crippen molar-refractivity contribution < 1.29 is 19.3 Å². The highest BCUT2D eigenvalue weighted by molar-refractivity contribution is 5.80. The van der Waals surface area contributed by atoms with Crippen molar-refractivity contribution >= 4 is 5.96 Å². The van der Waals surface area contributed by atoms with Crippen LogP contribution in [-0.2, 0) is 4.74 Å². The van der Waals surface area contributed by atoms with E-state index in [0.717, 1.165) is 58.3 Å². The maximum absolute atomic E-state index is 10.8. The summed E-state index contributed by atoms with van der Waals surface area (Å²) < 4.78 is 16.2. The number of methoxy groups -OCH3 is 2. The zero-order valence-corrected chi connectivity index (χ0v) is 17.8. The van der Waals surface area contributed by atoms with Gasteiger partial charge in [-0.1, -0.05) is 0 Å². The van der Waals surface area contributed by atoms with Gasteiger partial charge in [0.25, 0.3) is 0 Å². The molecule has 0 aromatic heterocycles. The smallest absolute Gasteiger partial charge is 0.194 e. The zero-order chi connectivity index (χ0) is 20.6. The summed E-state index contributed by atoms with van der Waals surface area (Å²) >= 11 is 0. The van der Waals surface area contributed by atoms with Gasteiger partial charge in [-0.2, -0.15) is 0 Å². The van der Waals surface area contributed by atoms with Crippen LogP contribution in [-0.4, -0.2) is 93.6 Å². The highest BCUT2D eigenvalue weighted by atomic mass is 16.5. The molecule has 0 saturated carbocycles. The third kappa shape index (κ3) is 5.52. The average molecular weight is 407 g/mol. The first-order valence-corrected chi connectivity index (χ1v) is 10.4. The lowest BCUT2D eigenvalue weighted by molar-refractivity contribution is 0.0194. The minimum absolute atomic E-state index is 0.255. The van der Waals surface area contributed by atoms with E-state index in [4.69, 9.17) is 19.2 Å². The van der Waals surface area contributed by atoms with E-state index >= 15 is 0 Å². The lowest BCUT2D eigenvalue weighted by atomic mass is 10.1. The predicted octanol–water partition coefficient (Wildman–Crippen LogP) is 1.11. The van der Waals surface area contributed by atoms with Gasteiger partial charge in [0.15, 0.2) is 5.96 Å². The van der Waals surface area contributed by atoms with Crippen molar-refractivity contribution in [1.82, 2.24) is 15.1 Å². The first-order valence-electron chi connectivity index (χ1n) is 10.4. The van der Waals surface area contributed by atoms with Crippen molar-refractivity contribution in [1.29, 1.82) is 0 Å². The summed E-state index contributed by atoms with van der Waals surface area (Å²) in [6.45, 7) is 8.66. The molecule has 29 heavy (non-hydrogen) atoms. The van der Waals surface area contributed by atoms with E-state index < -0.39 is 6.10 Å². The van der Waals surface area contributed by atoms with E-state index in [2.05, 4.69) is 22.0 Å². The van der Waals surface area contributed by atoms with Gasteiger partial charge in [-0.25, -0.2) is 0 Å². The summed E-state index contributed by atoms with van der Waals surface area (Å²) in [7, 11) is 3.21. The van der Waals surface area contributed by atoms with Crippen molar-refractivity contribution in [3.8, 4) is 11.5 Å². The number of guanidine groups is 1. The molecule has 2 unspecified atom stereocenters. The summed E-state index contributed by atoms with van der Waals surface area (Å²) in [4.78, 5) is 9.53. The number of ether oxygens (including phenoxy) is 3. The number of morpholine rings is 1. The Balaban J connectivity index is 1.66. The molecule has 2 N–H and O–H groups in total. The summed E-state index contributed by atoms with van der Waals surface area (Å²) in [6, 6.07) is 5.96. The molecular formula is C21H34N4O4. The fourth-order valence-corrected chi connectivity index (χ4v) is 3.97. The van der Waals surface area contributed by atoms with Crippen LogP contribution < -0.4 is 14.8 Å². The minimum atomic E-state index is -0.772. The maximum atomic E-state index is 10.8. The minimum Gasteiger partial charge on any atom is -0.497 e. The van der Waals surface area contributed by atoms with Crippen LogP contribution in [0.1, 0.15) is 25.0 Å². The van der Waals surface area contributed by atoms with Crippen molar-refractivity contribution in [2.75, 3.05) is 66.7 Å². The van der Waals surface area contributed by atoms with Gasteiger partial charge in [-0.15, -0.1) is 0 Å². The Hall–Kier alpha value is -2.03. The fourth-order valence-electron chi connectivity index (χ4n) is 3.97. The molecule has 162 valence electrons. The van der Waals surface area contributed by atoms with E-state index in [-0.39, 0.29) is 6.54 Å². The van der Waals surface area contributed by atoms with Gasteiger partial charge in [0.05, 0.1) is 34.0 Å². The average Bonchev–Trinajstić information content (AvgIpc) is 3.26. The van der Waals surface area contributed by atoms with Crippen molar-refractivity contribution in [3.05, 3.63) is 23.8 Å². The molecule has 2 fully saturated rings. The topological polar surface area (TPSA) is 78.8 Å². The molecule has 0 spiro atoms. The van der Waals surface area contributed by atoms with Gasteiger partial charge in [-0.05, 0) is 31.5 Å². The lowest BCUT2D eigenvalue weighted by Gasteiger charge is -2.32. The molecule has 2 atom stereocenters. The Bertz CT molecular complexity index is 679. The molecule has 8 nitrogen and oxygen atoms in total. The van der Waals surface area contributed by atoms with E-state index in [0.29, 0.717) is 23.1 Å². The van der Waals surface area contributed by atoms with Crippen LogP contribution in [0.5, 0.6) is 11.5 Å². The highest BCUT2D eigenvalue weighted by Crippen LogP contribution is 2.29. The molecule has 1 aromatic carbocycles. The maximum Gasteiger partial charge on any atom is 0.194 e. The summed E-state index contributed by atoms with van der Waals surface area (Å²) in [5.74, 6) is 2.17. The van der Waals surface area contributed by atoms with Crippen LogP contribution >= 0.6 is 0 Å². The second-order valence-corrected chi connectivity index (χ2v) is 7.36. The van der Waals surface area contributed by atoms with Crippen LogP contribution in [0.3, 0.4) is 0 Å². The summed E-state index contributed by atoms with van der Waals surface area (Å²) in [6.07, 6.45) is 0.350. The number of nitrogens with one attached hydrogen (secondary N) is 1. The number of nitrogens with zero attached hydrogens (tertiary/aromatic N) is 3. The highest BCUT2D eigenvalue weighted by Gasteiger charge is 2.30. The molecule has 8 heteroatoms. The number of benzene rings is 1. The molecule has 0 aliphatic carbocycles. The number of rotatable bonds is 7. The molecule has 1 aromatic rings. The Morgan fingerprint density at radius 2 is 2.07 bits per heavy atom. The third-order valence-corrected chi connectivity index (χ3v) is 5.57. The first-order chi connectivity index (χ1) is 14.2. The molecule has 3 rings (SSSR count). The standard InChI is InChI=1S/C21H34N4O4/c1-4-22-21(25-8-7-16(15-25)24-9-11-29-12-10-24)23-14-19(26)18-13-17(27-2)5-6-20(18)28-3/h5-6,13,16,19,26H,4,7-12,14-15H2,1-3H3,(H,22,23). The van der Waals surface area contributed by atoms with Crippen LogP contribution in [0, 0.1) is 0 Å². The fraction of sp³-hybridized carbons (Fsp3) is 0.667. The second kappa shape index (κ2) is 10.7. The normalized spacial score (nSPS) is 21.9. The molecule has 0 radical (unpaired) electrons. The quantitative estimate of drug-likeness (QED) is 0.519. The third-order valence-electron chi connectivity index (χ3n) is 5.57. The van der Waals surface area contributed by atoms with Crippen molar-refractivity contribution in [2.45, 2.75) is 25.5 Å². The Kier molecular flexibility index (Phi) is 7.97. The van der Waals surface area contributed by atoms with E-state index in [9.17, 15) is 5.11 Å². The van der Waals surface area contributed by atoms with Gasteiger partial charge in [0.2, 0.25) is 0 Å². The predicted molar refractivity (Wildman–Crippen MR) is 113 cm³/mol. The Labute approximate surface area is 173 Å². The molecule has 2 saturated heterocycles. The van der Waals surface area contributed by atoms with E-state index in [1.165, 1.54) is 0 Å². The number of aliphatic hydroxyl groups excluding tert-OH is 1. The van der Waals surface area contributed by atoms with E-state index in [1.54, 1.807) is 26.4 Å². The van der Waals surface area contributed by atoms with E-state index in [1.807, 2.05) is 6.07 Å². The van der Waals surface area contributed by atoms with Crippen molar-refractivity contribution in [2.24, 2.45) is 4.99 Å². The lowest BCUT2D eigenvalue weighted by Crippen LogP contribution is -2.46. The largest absolute Gasteiger partial charge is 0.497 e.